The number of piperazine rings is 1. The minimum Gasteiger partial charge on any atom is -0.478 e. The SMILES string of the molecule is O=C(O)c1ccc(N2CCN(CC(=O)N(Cc3ccccc3)c3ccccc3)CC2)cc1. The van der Waals surface area contributed by atoms with Crippen molar-refractivity contribution < 1.29 is 14.7 Å². The van der Waals surface area contributed by atoms with Gasteiger partial charge in [0.05, 0.1) is 18.7 Å². The van der Waals surface area contributed by atoms with Crippen molar-refractivity contribution >= 4 is 23.3 Å². The largest absolute Gasteiger partial charge is 0.478 e. The second kappa shape index (κ2) is 10.1. The Morgan fingerprint density at radius 3 is 1.97 bits per heavy atom. The number of aromatic carboxylic acids is 1. The highest BCUT2D eigenvalue weighted by molar-refractivity contribution is 5.94. The molecule has 1 fully saturated rings. The zero-order valence-corrected chi connectivity index (χ0v) is 17.9. The van der Waals surface area contributed by atoms with Crippen molar-refractivity contribution in [2.45, 2.75) is 6.54 Å². The lowest BCUT2D eigenvalue weighted by Gasteiger charge is -2.36. The van der Waals surface area contributed by atoms with Crippen LogP contribution in [0.15, 0.2) is 84.9 Å². The van der Waals surface area contributed by atoms with Gasteiger partial charge in [-0.1, -0.05) is 48.5 Å². The lowest BCUT2D eigenvalue weighted by Crippen LogP contribution is -2.50. The first-order valence-corrected chi connectivity index (χ1v) is 10.8. The third-order valence-electron chi connectivity index (χ3n) is 5.76. The molecule has 1 heterocycles. The van der Waals surface area contributed by atoms with E-state index in [-0.39, 0.29) is 11.5 Å². The Morgan fingerprint density at radius 1 is 0.781 bits per heavy atom. The summed E-state index contributed by atoms with van der Waals surface area (Å²) in [4.78, 5) is 30.6. The number of carbonyl (C=O) groups is 2. The number of rotatable bonds is 7. The van der Waals surface area contributed by atoms with Crippen molar-refractivity contribution in [1.29, 1.82) is 0 Å². The smallest absolute Gasteiger partial charge is 0.335 e. The molecule has 0 aromatic heterocycles. The maximum absolute atomic E-state index is 13.3. The molecule has 0 radical (unpaired) electrons. The van der Waals surface area contributed by atoms with Gasteiger partial charge < -0.3 is 14.9 Å². The Bertz CT molecular complexity index is 1030. The van der Waals surface area contributed by atoms with Gasteiger partial charge in [-0.2, -0.15) is 0 Å². The molecule has 4 rings (SSSR count). The van der Waals surface area contributed by atoms with E-state index in [0.717, 1.165) is 43.1 Å². The monoisotopic (exact) mass is 429 g/mol. The van der Waals surface area contributed by atoms with E-state index in [2.05, 4.69) is 9.80 Å². The molecule has 1 N–H and O–H groups in total. The number of amides is 1. The molecule has 1 amide bonds. The number of carboxylic acid groups (broad SMARTS) is 1. The molecule has 1 aliphatic heterocycles. The van der Waals surface area contributed by atoms with Gasteiger partial charge in [-0.3, -0.25) is 9.69 Å². The first kappa shape index (κ1) is 21.6. The van der Waals surface area contributed by atoms with Gasteiger partial charge in [0, 0.05) is 37.6 Å². The molecule has 0 atom stereocenters. The second-order valence-electron chi connectivity index (χ2n) is 7.92. The van der Waals surface area contributed by atoms with Gasteiger partial charge in [0.25, 0.3) is 0 Å². The van der Waals surface area contributed by atoms with Gasteiger partial charge in [-0.15, -0.1) is 0 Å². The van der Waals surface area contributed by atoms with Crippen molar-refractivity contribution in [3.8, 4) is 0 Å². The summed E-state index contributed by atoms with van der Waals surface area (Å²) < 4.78 is 0. The predicted octanol–water partition coefficient (Wildman–Crippen LogP) is 3.74. The van der Waals surface area contributed by atoms with Crippen LogP contribution < -0.4 is 9.80 Å². The minimum absolute atomic E-state index is 0.0827. The van der Waals surface area contributed by atoms with Crippen LogP contribution in [0.4, 0.5) is 11.4 Å². The predicted molar refractivity (Wildman–Crippen MR) is 126 cm³/mol. The molecule has 3 aromatic rings. The van der Waals surface area contributed by atoms with Crippen LogP contribution in [-0.4, -0.2) is 54.6 Å². The maximum atomic E-state index is 13.3. The van der Waals surface area contributed by atoms with Crippen LogP contribution in [0.1, 0.15) is 15.9 Å². The summed E-state index contributed by atoms with van der Waals surface area (Å²) in [5.41, 5.74) is 3.30. The number of nitrogens with zero attached hydrogens (tertiary/aromatic N) is 3. The van der Waals surface area contributed by atoms with E-state index in [4.69, 9.17) is 5.11 Å². The van der Waals surface area contributed by atoms with Gasteiger partial charge in [0.15, 0.2) is 0 Å². The number of benzene rings is 3. The lowest BCUT2D eigenvalue weighted by molar-refractivity contribution is -0.120. The first-order chi connectivity index (χ1) is 15.6. The molecule has 0 unspecified atom stereocenters. The van der Waals surface area contributed by atoms with Crippen LogP contribution in [-0.2, 0) is 11.3 Å². The standard InChI is InChI=1S/C26H27N3O3/c30-25(29(24-9-5-2-6-10-24)19-21-7-3-1-4-8-21)20-27-15-17-28(18-16-27)23-13-11-22(12-14-23)26(31)32/h1-14H,15-20H2,(H,31,32). The summed E-state index contributed by atoms with van der Waals surface area (Å²) in [7, 11) is 0. The maximum Gasteiger partial charge on any atom is 0.335 e. The Labute approximate surface area is 188 Å². The van der Waals surface area contributed by atoms with Gasteiger partial charge in [-0.25, -0.2) is 4.79 Å². The molecule has 164 valence electrons. The normalized spacial score (nSPS) is 14.2. The van der Waals surface area contributed by atoms with Crippen molar-refractivity contribution in [2.24, 2.45) is 0 Å². The summed E-state index contributed by atoms with van der Waals surface area (Å²) in [5, 5.41) is 9.07. The highest BCUT2D eigenvalue weighted by Crippen LogP contribution is 2.20. The Hall–Kier alpha value is -3.64. The van der Waals surface area contributed by atoms with E-state index in [1.165, 1.54) is 0 Å². The highest BCUT2D eigenvalue weighted by atomic mass is 16.4. The second-order valence-corrected chi connectivity index (χ2v) is 7.92. The number of hydrogen-bond donors (Lipinski definition) is 1. The van der Waals surface area contributed by atoms with Crippen molar-refractivity contribution in [1.82, 2.24) is 4.90 Å². The average molecular weight is 430 g/mol. The first-order valence-electron chi connectivity index (χ1n) is 10.8. The summed E-state index contributed by atoms with van der Waals surface area (Å²) in [6, 6.07) is 26.8. The fourth-order valence-corrected chi connectivity index (χ4v) is 3.95. The topological polar surface area (TPSA) is 64.1 Å². The molecule has 32 heavy (non-hydrogen) atoms. The molecule has 0 aliphatic carbocycles. The molecule has 6 nitrogen and oxygen atoms in total. The molecule has 0 spiro atoms. The molecular weight excluding hydrogens is 402 g/mol. The number of hydrogen-bond acceptors (Lipinski definition) is 4. The van der Waals surface area contributed by atoms with E-state index in [0.29, 0.717) is 13.1 Å². The molecule has 1 saturated heterocycles. The van der Waals surface area contributed by atoms with Crippen molar-refractivity contribution in [3.63, 3.8) is 0 Å². The zero-order chi connectivity index (χ0) is 22.3. The minimum atomic E-state index is -0.918. The highest BCUT2D eigenvalue weighted by Gasteiger charge is 2.23. The van der Waals surface area contributed by atoms with E-state index in [9.17, 15) is 9.59 Å². The van der Waals surface area contributed by atoms with Crippen LogP contribution in [0.2, 0.25) is 0 Å². The van der Waals surface area contributed by atoms with Crippen LogP contribution in [0.3, 0.4) is 0 Å². The van der Waals surface area contributed by atoms with Gasteiger partial charge >= 0.3 is 5.97 Å². The van der Waals surface area contributed by atoms with E-state index < -0.39 is 5.97 Å². The molecular formula is C26H27N3O3. The molecule has 3 aromatic carbocycles. The Morgan fingerprint density at radius 2 is 1.38 bits per heavy atom. The van der Waals surface area contributed by atoms with Crippen molar-refractivity contribution in [2.75, 3.05) is 42.5 Å². The number of para-hydroxylation sites is 1. The van der Waals surface area contributed by atoms with E-state index >= 15 is 0 Å². The molecule has 1 aliphatic rings. The summed E-state index contributed by atoms with van der Waals surface area (Å²) in [5.74, 6) is -0.835. The van der Waals surface area contributed by atoms with Gasteiger partial charge in [0.2, 0.25) is 5.91 Å². The van der Waals surface area contributed by atoms with Crippen LogP contribution in [0.5, 0.6) is 0 Å². The fraction of sp³-hybridized carbons (Fsp3) is 0.231. The molecule has 0 bridgehead atoms. The summed E-state index contributed by atoms with van der Waals surface area (Å²) in [6.45, 7) is 4.06. The third kappa shape index (κ3) is 5.34. The number of carboxylic acids is 1. The quantitative estimate of drug-likeness (QED) is 0.620. The summed E-state index contributed by atoms with van der Waals surface area (Å²) in [6.07, 6.45) is 0. The zero-order valence-electron chi connectivity index (χ0n) is 17.9. The fourth-order valence-electron chi connectivity index (χ4n) is 3.95. The van der Waals surface area contributed by atoms with Gasteiger partial charge in [-0.05, 0) is 42.0 Å². The average Bonchev–Trinajstić information content (AvgIpc) is 2.84. The summed E-state index contributed by atoms with van der Waals surface area (Å²) >= 11 is 0. The van der Waals surface area contributed by atoms with Crippen LogP contribution in [0.25, 0.3) is 0 Å². The van der Waals surface area contributed by atoms with Gasteiger partial charge in [0.1, 0.15) is 0 Å². The van der Waals surface area contributed by atoms with Crippen LogP contribution in [0, 0.1) is 0 Å². The Kier molecular flexibility index (Phi) is 6.82. The number of carbonyl (C=O) groups excluding carboxylic acids is 1. The third-order valence-corrected chi connectivity index (χ3v) is 5.76. The lowest BCUT2D eigenvalue weighted by atomic mass is 10.1. The van der Waals surface area contributed by atoms with Crippen molar-refractivity contribution in [3.05, 3.63) is 96.1 Å². The molecule has 6 heteroatoms. The number of anilines is 2. The van der Waals surface area contributed by atoms with E-state index in [1.54, 1.807) is 12.1 Å². The van der Waals surface area contributed by atoms with E-state index in [1.807, 2.05) is 77.7 Å². The van der Waals surface area contributed by atoms with Crippen LogP contribution >= 0.6 is 0 Å². The molecule has 0 saturated carbocycles. The Balaban J connectivity index is 1.38.